The Labute approximate surface area is 188 Å². The predicted octanol–water partition coefficient (Wildman–Crippen LogP) is 0.302. The summed E-state index contributed by atoms with van der Waals surface area (Å²) < 4.78 is 0. The molecule has 0 amide bonds. The maximum Gasteiger partial charge on any atom is 0.261 e. The van der Waals surface area contributed by atoms with E-state index in [4.69, 9.17) is 4.99 Å². The maximum atomic E-state index is 13.3. The molecular weight excluding hydrogens is 420 g/mol. The minimum absolute atomic E-state index is 0.162. The van der Waals surface area contributed by atoms with Crippen LogP contribution in [0.3, 0.4) is 0 Å². The first-order chi connectivity index (χ1) is 16.0. The zero-order chi connectivity index (χ0) is 23.1. The van der Waals surface area contributed by atoms with Gasteiger partial charge in [-0.2, -0.15) is 0 Å². The Morgan fingerprint density at radius 2 is 1.94 bits per heavy atom. The number of hydrogen-bond donors (Lipinski definition) is 4. The lowest BCUT2D eigenvalue weighted by atomic mass is 10.0. The second-order valence-corrected chi connectivity index (χ2v) is 8.04. The molecule has 0 bridgehead atoms. The van der Waals surface area contributed by atoms with Crippen LogP contribution in [0.2, 0.25) is 0 Å². The summed E-state index contributed by atoms with van der Waals surface area (Å²) in [4.78, 5) is 44.1. The minimum atomic E-state index is -0.298. The number of imidazole rings is 1. The quantitative estimate of drug-likeness (QED) is 0.352. The molecule has 0 radical (unpaired) electrons. The average molecular weight is 445 g/mol. The molecule has 1 aliphatic heterocycles. The summed E-state index contributed by atoms with van der Waals surface area (Å²) in [5.74, 6) is 1.83. The van der Waals surface area contributed by atoms with Gasteiger partial charge in [0.15, 0.2) is 5.82 Å². The molecule has 11 heteroatoms. The Morgan fingerprint density at radius 3 is 2.67 bits per heavy atom. The Bertz CT molecular complexity index is 1510. The number of rotatable bonds is 4. The summed E-state index contributed by atoms with van der Waals surface area (Å²) in [5.41, 5.74) is 2.11. The number of aromatic amines is 2. The van der Waals surface area contributed by atoms with Gasteiger partial charge < -0.3 is 25.5 Å². The van der Waals surface area contributed by atoms with Gasteiger partial charge in [-0.1, -0.05) is 0 Å². The van der Waals surface area contributed by atoms with Gasteiger partial charge in [0, 0.05) is 45.8 Å². The number of anilines is 2. The van der Waals surface area contributed by atoms with Crippen molar-refractivity contribution in [1.29, 1.82) is 0 Å². The van der Waals surface area contributed by atoms with Gasteiger partial charge in [0.1, 0.15) is 34.1 Å². The summed E-state index contributed by atoms with van der Waals surface area (Å²) in [7, 11) is 5.61. The van der Waals surface area contributed by atoms with Crippen LogP contribution in [0.5, 0.6) is 0 Å². The lowest BCUT2D eigenvalue weighted by Crippen LogP contribution is -2.45. The smallest absolute Gasteiger partial charge is 0.261 e. The molecule has 2 unspecified atom stereocenters. The number of hydrogen-bond acceptors (Lipinski definition) is 9. The third kappa shape index (κ3) is 3.56. The Kier molecular flexibility index (Phi) is 5.00. The van der Waals surface area contributed by atoms with Gasteiger partial charge in [0.25, 0.3) is 5.56 Å². The van der Waals surface area contributed by atoms with Crippen LogP contribution >= 0.6 is 0 Å². The summed E-state index contributed by atoms with van der Waals surface area (Å²) >= 11 is 0. The molecular formula is C22H24N10O. The Morgan fingerprint density at radius 1 is 1.15 bits per heavy atom. The first kappa shape index (κ1) is 20.6. The van der Waals surface area contributed by atoms with Crippen LogP contribution in [0, 0.1) is 0 Å². The van der Waals surface area contributed by atoms with Crippen LogP contribution in [0.1, 0.15) is 18.8 Å². The van der Waals surface area contributed by atoms with Crippen molar-refractivity contribution in [2.45, 2.75) is 19.0 Å². The van der Waals surface area contributed by atoms with E-state index >= 15 is 0 Å². The first-order valence-electron chi connectivity index (χ1n) is 10.5. The molecule has 2 atom stereocenters. The van der Waals surface area contributed by atoms with Crippen molar-refractivity contribution in [3.05, 3.63) is 57.6 Å². The molecule has 4 aromatic rings. The van der Waals surface area contributed by atoms with Gasteiger partial charge in [0.2, 0.25) is 0 Å². The van der Waals surface area contributed by atoms with Crippen molar-refractivity contribution < 1.29 is 0 Å². The number of fused-ring (bicyclic) bond motifs is 2. The van der Waals surface area contributed by atoms with Crippen LogP contribution in [-0.2, 0) is 0 Å². The highest BCUT2D eigenvalue weighted by molar-refractivity contribution is 5.84. The third-order valence-electron chi connectivity index (χ3n) is 5.53. The molecule has 33 heavy (non-hydrogen) atoms. The number of H-pyrrole nitrogens is 2. The van der Waals surface area contributed by atoms with E-state index in [1.54, 1.807) is 37.9 Å². The zero-order valence-electron chi connectivity index (χ0n) is 18.7. The normalized spacial score (nSPS) is 17.9. The summed E-state index contributed by atoms with van der Waals surface area (Å²) in [6.45, 7) is 1.99. The van der Waals surface area contributed by atoms with Gasteiger partial charge in [-0.05, 0) is 13.0 Å². The molecule has 1 aliphatic rings. The van der Waals surface area contributed by atoms with Crippen molar-refractivity contribution in [3.8, 4) is 11.4 Å². The number of nitrogens with zero attached hydrogens (tertiary/aromatic N) is 6. The summed E-state index contributed by atoms with van der Waals surface area (Å²) in [6, 6.07) is 3.21. The molecule has 168 valence electrons. The van der Waals surface area contributed by atoms with Gasteiger partial charge in [-0.15, -0.1) is 0 Å². The zero-order valence-corrected chi connectivity index (χ0v) is 18.7. The summed E-state index contributed by atoms with van der Waals surface area (Å²) in [6.07, 6.45) is 6.79. The van der Waals surface area contributed by atoms with Crippen LogP contribution in [-0.4, -0.2) is 57.1 Å². The second-order valence-electron chi connectivity index (χ2n) is 8.04. The van der Waals surface area contributed by atoms with Crippen molar-refractivity contribution in [3.63, 3.8) is 0 Å². The second kappa shape index (κ2) is 8.01. The van der Waals surface area contributed by atoms with Crippen molar-refractivity contribution in [1.82, 2.24) is 35.2 Å². The van der Waals surface area contributed by atoms with Crippen LogP contribution in [0.15, 0.2) is 40.5 Å². The fraction of sp³-hybridized carbons (Fsp3) is 0.273. The number of aromatic nitrogens is 6. The van der Waals surface area contributed by atoms with Crippen molar-refractivity contribution >= 4 is 28.7 Å². The van der Waals surface area contributed by atoms with E-state index in [0.29, 0.717) is 39.1 Å². The van der Waals surface area contributed by atoms with Gasteiger partial charge in [-0.3, -0.25) is 9.79 Å². The highest BCUT2D eigenvalue weighted by Gasteiger charge is 2.29. The van der Waals surface area contributed by atoms with Crippen LogP contribution in [0.4, 0.5) is 11.5 Å². The minimum Gasteiger partial charge on any atom is -0.392 e. The molecule has 0 fully saturated rings. The van der Waals surface area contributed by atoms with Crippen LogP contribution in [0.25, 0.3) is 28.6 Å². The molecule has 11 nitrogen and oxygen atoms in total. The van der Waals surface area contributed by atoms with Gasteiger partial charge in [-0.25, -0.2) is 19.9 Å². The van der Waals surface area contributed by atoms with Crippen molar-refractivity contribution in [2.75, 3.05) is 31.4 Å². The lowest BCUT2D eigenvalue weighted by molar-refractivity contribution is 0.567. The summed E-state index contributed by atoms with van der Waals surface area (Å²) in [5, 5.41) is 7.67. The third-order valence-corrected chi connectivity index (χ3v) is 5.53. The van der Waals surface area contributed by atoms with E-state index in [9.17, 15) is 4.79 Å². The van der Waals surface area contributed by atoms with E-state index in [1.165, 1.54) is 0 Å². The largest absolute Gasteiger partial charge is 0.392 e. The molecule has 5 rings (SSSR count). The van der Waals surface area contributed by atoms with E-state index < -0.39 is 0 Å². The fourth-order valence-electron chi connectivity index (χ4n) is 3.93. The average Bonchev–Trinajstić information content (AvgIpc) is 3.22. The first-order valence-corrected chi connectivity index (χ1v) is 10.5. The maximum absolute atomic E-state index is 13.3. The van der Waals surface area contributed by atoms with E-state index in [1.807, 2.05) is 32.0 Å². The molecule has 0 aromatic carbocycles. The molecule has 0 aliphatic carbocycles. The molecule has 5 heterocycles. The monoisotopic (exact) mass is 444 g/mol. The number of pyridine rings is 2. The highest BCUT2D eigenvalue weighted by Crippen LogP contribution is 2.29. The van der Waals surface area contributed by atoms with Crippen molar-refractivity contribution in [2.24, 2.45) is 4.99 Å². The van der Waals surface area contributed by atoms with Gasteiger partial charge in [0.05, 0.1) is 28.8 Å². The standard InChI is InChI=1S/C22H24N10O/c1-11-17(21-24-6-5-7-25-21)31-19-16(22(33)30-14(9-23-2)18(19)27-11)20-28-12-8-15(32(3)4)26-10-13(12)29-20/h5-11,17,23,31H,1-4H3,(H,28,29)(H,30,33)/b14-9+. The van der Waals surface area contributed by atoms with E-state index in [2.05, 4.69) is 40.5 Å². The SMILES string of the molecule is CN/C=c1/[nH]c(=O)c(-c2nc3cnc(N(C)C)cc3[nH]2)c2c1=NC(C)C(c1ncccn1)N2. The van der Waals surface area contributed by atoms with E-state index in [0.717, 1.165) is 11.3 Å². The predicted molar refractivity (Wildman–Crippen MR) is 126 cm³/mol. The fourth-order valence-corrected chi connectivity index (χ4v) is 3.93. The number of nitrogens with one attached hydrogen (secondary N) is 4. The highest BCUT2D eigenvalue weighted by atomic mass is 16.1. The van der Waals surface area contributed by atoms with Crippen LogP contribution < -0.4 is 31.8 Å². The lowest BCUT2D eigenvalue weighted by Gasteiger charge is -2.27. The van der Waals surface area contributed by atoms with E-state index in [-0.39, 0.29) is 17.6 Å². The Hall–Kier alpha value is -4.28. The van der Waals surface area contributed by atoms with Gasteiger partial charge >= 0.3 is 0 Å². The molecule has 4 N–H and O–H groups in total. The Balaban J connectivity index is 1.74. The topological polar surface area (TPSA) is 140 Å². The molecule has 0 saturated heterocycles. The molecule has 0 saturated carbocycles. The molecule has 0 spiro atoms. The molecule has 4 aromatic heterocycles.